The number of hydrogen-bond donors (Lipinski definition) is 1. The third-order valence-corrected chi connectivity index (χ3v) is 9.54. The Morgan fingerprint density at radius 1 is 0.656 bits per heavy atom. The molecule has 324 valence electrons. The highest BCUT2D eigenvalue weighted by molar-refractivity contribution is 6.33. The van der Waals surface area contributed by atoms with E-state index in [1.54, 1.807) is 88.0 Å². The van der Waals surface area contributed by atoms with Crippen LogP contribution >= 0.6 is 11.6 Å². The zero-order valence-electron chi connectivity index (χ0n) is 36.6. The van der Waals surface area contributed by atoms with Crippen LogP contribution in [0.5, 0.6) is 0 Å². The van der Waals surface area contributed by atoms with Crippen molar-refractivity contribution < 1.29 is 33.4 Å². The van der Waals surface area contributed by atoms with E-state index in [9.17, 15) is 19.2 Å². The van der Waals surface area contributed by atoms with Crippen LogP contribution in [0.15, 0.2) is 85.2 Å². The van der Waals surface area contributed by atoms with Crippen LogP contribution in [-0.2, 0) is 20.8 Å². The van der Waals surface area contributed by atoms with E-state index in [0.29, 0.717) is 46.1 Å². The van der Waals surface area contributed by atoms with Gasteiger partial charge in [0.15, 0.2) is 0 Å². The van der Waals surface area contributed by atoms with Gasteiger partial charge in [0.2, 0.25) is 5.91 Å². The summed E-state index contributed by atoms with van der Waals surface area (Å²) in [5.41, 5.74) is 6.63. The van der Waals surface area contributed by atoms with Gasteiger partial charge in [-0.2, -0.15) is 0 Å². The largest absolute Gasteiger partial charge is 0.444 e. The molecule has 2 heterocycles. The Bertz CT molecular complexity index is 2370. The number of fused-ring (bicyclic) bond motifs is 3. The van der Waals surface area contributed by atoms with Crippen LogP contribution in [0.25, 0.3) is 32.8 Å². The quantitative estimate of drug-likeness (QED) is 0.0691. The molecule has 0 saturated heterocycles. The van der Waals surface area contributed by atoms with Crippen molar-refractivity contribution in [2.24, 2.45) is 5.73 Å². The smallest absolute Gasteiger partial charge is 0.416 e. The van der Waals surface area contributed by atoms with Gasteiger partial charge in [0.1, 0.15) is 22.6 Å². The van der Waals surface area contributed by atoms with Crippen molar-refractivity contribution in [2.45, 2.75) is 98.5 Å². The van der Waals surface area contributed by atoms with Gasteiger partial charge in [-0.05, 0) is 111 Å². The number of nitrogens with zero attached hydrogens (tertiary/aromatic N) is 5. The molecule has 2 aromatic heterocycles. The molecule has 0 bridgehead atoms. The molecule has 61 heavy (non-hydrogen) atoms. The summed E-state index contributed by atoms with van der Waals surface area (Å²) in [5, 5.41) is 2.59. The Morgan fingerprint density at radius 3 is 1.87 bits per heavy atom. The Balaban J connectivity index is 1.40. The molecule has 0 fully saturated rings. The molecular formula is C47H57ClN6O7. The molecule has 5 aromatic rings. The molecule has 0 spiro atoms. The van der Waals surface area contributed by atoms with Crippen LogP contribution in [0, 0.1) is 0 Å². The van der Waals surface area contributed by atoms with E-state index in [1.807, 2.05) is 69.3 Å². The number of carbonyl (C=O) groups excluding carboxylic acids is 4. The van der Waals surface area contributed by atoms with Gasteiger partial charge in [-0.1, -0.05) is 60.1 Å². The summed E-state index contributed by atoms with van der Waals surface area (Å²) in [5.74, 6) is -0.362. The van der Waals surface area contributed by atoms with Crippen molar-refractivity contribution in [1.29, 1.82) is 0 Å². The van der Waals surface area contributed by atoms with Crippen LogP contribution in [0.1, 0.15) is 91.1 Å². The number of amides is 4. The van der Waals surface area contributed by atoms with Crippen LogP contribution in [-0.4, -0.2) is 86.9 Å². The van der Waals surface area contributed by atoms with Gasteiger partial charge in [-0.3, -0.25) is 14.7 Å². The van der Waals surface area contributed by atoms with E-state index in [0.717, 1.165) is 16.7 Å². The highest BCUT2D eigenvalue weighted by atomic mass is 35.5. The number of unbranched alkanes of at least 4 members (excludes halogenated alkanes) is 1. The zero-order chi connectivity index (χ0) is 44.7. The minimum Gasteiger partial charge on any atom is -0.444 e. The first kappa shape index (κ1) is 46.1. The molecule has 0 unspecified atom stereocenters. The van der Waals surface area contributed by atoms with E-state index in [4.69, 9.17) is 36.5 Å². The van der Waals surface area contributed by atoms with Crippen molar-refractivity contribution in [2.75, 3.05) is 31.1 Å². The topological polar surface area (TPSA) is 157 Å². The van der Waals surface area contributed by atoms with Gasteiger partial charge in [-0.15, -0.1) is 0 Å². The predicted octanol–water partition coefficient (Wildman–Crippen LogP) is 10.4. The Labute approximate surface area is 363 Å². The first-order chi connectivity index (χ1) is 28.6. The zero-order valence-corrected chi connectivity index (χ0v) is 37.3. The SMILES string of the molecule is CC(C)(C)OC(=O)N(CCCCN(Cc1ccc(-c2ccccc2)c(Cl)c1)C(=O)OC(C)(C)C)CCN(C(=O)OC(C)(C)C)c1nc2cc(C(N)=O)ccc2c2cnccc12. The monoisotopic (exact) mass is 852 g/mol. The second-order valence-electron chi connectivity index (χ2n) is 17.8. The van der Waals surface area contributed by atoms with Crippen molar-refractivity contribution in [3.8, 4) is 11.1 Å². The number of ether oxygens (including phenoxy) is 3. The summed E-state index contributed by atoms with van der Waals surface area (Å²) in [4.78, 5) is 67.3. The summed E-state index contributed by atoms with van der Waals surface area (Å²) in [6, 6.07) is 22.3. The molecule has 5 rings (SSSR count). The molecule has 14 heteroatoms. The van der Waals surface area contributed by atoms with E-state index in [1.165, 1.54) is 4.90 Å². The fraction of sp³-hybridized carbons (Fsp3) is 0.404. The normalized spacial score (nSPS) is 11.9. The molecule has 0 radical (unpaired) electrons. The van der Waals surface area contributed by atoms with Gasteiger partial charge >= 0.3 is 18.3 Å². The Morgan fingerprint density at radius 2 is 1.26 bits per heavy atom. The molecule has 0 atom stereocenters. The van der Waals surface area contributed by atoms with Crippen molar-refractivity contribution in [1.82, 2.24) is 19.8 Å². The molecular weight excluding hydrogens is 796 g/mol. The van der Waals surface area contributed by atoms with E-state index >= 15 is 0 Å². The molecule has 0 aliphatic rings. The lowest BCUT2D eigenvalue weighted by molar-refractivity contribution is 0.0201. The number of aromatic nitrogens is 2. The fourth-order valence-electron chi connectivity index (χ4n) is 6.53. The van der Waals surface area contributed by atoms with Gasteiger partial charge in [-0.25, -0.2) is 19.4 Å². The molecule has 13 nitrogen and oxygen atoms in total. The Kier molecular flexibility index (Phi) is 14.5. The molecule has 0 saturated carbocycles. The number of rotatable bonds is 13. The molecule has 0 aliphatic heterocycles. The number of hydrogen-bond acceptors (Lipinski definition) is 9. The maximum atomic E-state index is 14.1. The molecule has 3 aromatic carbocycles. The number of benzene rings is 3. The lowest BCUT2D eigenvalue weighted by Gasteiger charge is -2.31. The highest BCUT2D eigenvalue weighted by Gasteiger charge is 2.30. The number of halogens is 1. The summed E-state index contributed by atoms with van der Waals surface area (Å²) >= 11 is 6.74. The highest BCUT2D eigenvalue weighted by Crippen LogP contribution is 2.33. The summed E-state index contributed by atoms with van der Waals surface area (Å²) in [7, 11) is 0. The van der Waals surface area contributed by atoms with Crippen molar-refractivity contribution >= 4 is 63.3 Å². The van der Waals surface area contributed by atoms with E-state index in [-0.39, 0.29) is 37.6 Å². The lowest BCUT2D eigenvalue weighted by Crippen LogP contribution is -2.45. The maximum absolute atomic E-state index is 14.1. The van der Waals surface area contributed by atoms with Crippen LogP contribution in [0.4, 0.5) is 20.2 Å². The average Bonchev–Trinajstić information content (AvgIpc) is 3.16. The van der Waals surface area contributed by atoms with Crippen LogP contribution in [0.2, 0.25) is 5.02 Å². The summed E-state index contributed by atoms with van der Waals surface area (Å²) in [6.45, 7) is 17.0. The third-order valence-electron chi connectivity index (χ3n) is 9.23. The first-order valence-corrected chi connectivity index (χ1v) is 20.7. The van der Waals surface area contributed by atoms with Crippen LogP contribution in [0.3, 0.4) is 0 Å². The maximum Gasteiger partial charge on any atom is 0.416 e. The second-order valence-corrected chi connectivity index (χ2v) is 18.2. The van der Waals surface area contributed by atoms with Crippen LogP contribution < -0.4 is 10.6 Å². The summed E-state index contributed by atoms with van der Waals surface area (Å²) in [6.07, 6.45) is 2.54. The van der Waals surface area contributed by atoms with Crippen molar-refractivity contribution in [3.05, 3.63) is 101 Å². The standard InChI is InChI=1S/C47H57ClN6O7/c1-45(2,3)59-42(56)52(23-13-14-24-53(43(57)60-46(4,5)6)30-31-17-19-34(38(48)27-31)32-15-11-10-12-16-32)25-26-54(44(58)61-47(7,8)9)41-36-21-22-50-29-37(36)35-20-18-33(40(49)55)28-39(35)51-41/h10-12,15-22,27-29H,13-14,23-26,30H2,1-9H3,(H2,49,55). The van der Waals surface area contributed by atoms with Gasteiger partial charge in [0.05, 0.1) is 5.52 Å². The first-order valence-electron chi connectivity index (χ1n) is 20.4. The summed E-state index contributed by atoms with van der Waals surface area (Å²) < 4.78 is 17.5. The minimum absolute atomic E-state index is 0.0244. The number of carbonyl (C=O) groups is 4. The third kappa shape index (κ3) is 13.0. The van der Waals surface area contributed by atoms with Crippen molar-refractivity contribution in [3.63, 3.8) is 0 Å². The average molecular weight is 853 g/mol. The Hall–Kier alpha value is -5.95. The number of pyridine rings is 2. The molecule has 4 amide bonds. The lowest BCUT2D eigenvalue weighted by atomic mass is 10.0. The minimum atomic E-state index is -0.858. The van der Waals surface area contributed by atoms with Gasteiger partial charge in [0, 0.05) is 77.4 Å². The predicted molar refractivity (Wildman–Crippen MR) is 240 cm³/mol. The molecule has 0 aliphatic carbocycles. The molecule has 2 N–H and O–H groups in total. The second kappa shape index (κ2) is 19.2. The number of primary amides is 1. The fourth-order valence-corrected chi connectivity index (χ4v) is 6.84. The number of anilines is 1. The number of nitrogens with two attached hydrogens (primary N) is 1. The van der Waals surface area contributed by atoms with E-state index < -0.39 is 41.0 Å². The van der Waals surface area contributed by atoms with Gasteiger partial charge in [0.25, 0.3) is 0 Å². The van der Waals surface area contributed by atoms with E-state index in [2.05, 4.69) is 4.98 Å². The van der Waals surface area contributed by atoms with Gasteiger partial charge < -0.3 is 29.7 Å².